The van der Waals surface area contributed by atoms with Gasteiger partial charge in [0, 0.05) is 42.8 Å². The van der Waals surface area contributed by atoms with E-state index in [4.69, 9.17) is 9.15 Å². The van der Waals surface area contributed by atoms with Gasteiger partial charge in [-0.25, -0.2) is 0 Å². The molecule has 0 unspecified atom stereocenters. The number of ether oxygens (including phenoxy) is 1. The Bertz CT molecular complexity index is 1530. The fourth-order valence-corrected chi connectivity index (χ4v) is 4.90. The highest BCUT2D eigenvalue weighted by molar-refractivity contribution is 6.02. The molecule has 0 saturated heterocycles. The highest BCUT2D eigenvalue weighted by Crippen LogP contribution is 2.38. The molecule has 0 radical (unpaired) electrons. The van der Waals surface area contributed by atoms with E-state index in [1.807, 2.05) is 66.8 Å². The first-order chi connectivity index (χ1) is 17.1. The molecule has 0 fully saturated rings. The minimum atomic E-state index is 0.0108. The highest BCUT2D eigenvalue weighted by atomic mass is 16.5. The molecule has 0 saturated carbocycles. The summed E-state index contributed by atoms with van der Waals surface area (Å²) >= 11 is 0. The normalized spacial score (nSPS) is 13.3. The number of nitrogens with zero attached hydrogens (tertiary/aromatic N) is 3. The van der Waals surface area contributed by atoms with Crippen LogP contribution in [0.2, 0.25) is 0 Å². The molecule has 5 aromatic rings. The second-order valence-electron chi connectivity index (χ2n) is 8.94. The van der Waals surface area contributed by atoms with Crippen molar-refractivity contribution in [3.8, 4) is 28.0 Å². The Labute approximate surface area is 203 Å². The summed E-state index contributed by atoms with van der Waals surface area (Å²) < 4.78 is 13.5. The number of hydrogen-bond acceptors (Lipinski definition) is 4. The zero-order valence-corrected chi connectivity index (χ0v) is 19.7. The van der Waals surface area contributed by atoms with Gasteiger partial charge in [-0.3, -0.25) is 9.48 Å². The van der Waals surface area contributed by atoms with Crippen molar-refractivity contribution >= 4 is 16.9 Å². The average molecular weight is 464 g/mol. The third-order valence-electron chi connectivity index (χ3n) is 6.70. The fourth-order valence-electron chi connectivity index (χ4n) is 4.90. The molecule has 6 heteroatoms. The molecule has 1 aliphatic heterocycles. The maximum Gasteiger partial charge on any atom is 0.258 e. The Morgan fingerprint density at radius 2 is 1.89 bits per heavy atom. The second-order valence-corrected chi connectivity index (χ2v) is 8.94. The third kappa shape index (κ3) is 3.77. The Morgan fingerprint density at radius 1 is 1.03 bits per heavy atom. The van der Waals surface area contributed by atoms with Crippen LogP contribution < -0.4 is 4.74 Å². The fraction of sp³-hybridized carbons (Fsp3) is 0.172. The zero-order valence-electron chi connectivity index (χ0n) is 19.7. The number of furan rings is 1. The Morgan fingerprint density at radius 3 is 2.66 bits per heavy atom. The largest absolute Gasteiger partial charge is 0.496 e. The lowest BCUT2D eigenvalue weighted by Gasteiger charge is -2.30. The van der Waals surface area contributed by atoms with Crippen molar-refractivity contribution in [2.45, 2.75) is 13.0 Å². The van der Waals surface area contributed by atoms with Crippen molar-refractivity contribution in [2.24, 2.45) is 7.05 Å². The maximum atomic E-state index is 13.4. The molecule has 2 aromatic heterocycles. The summed E-state index contributed by atoms with van der Waals surface area (Å²) in [6.07, 6.45) is 6.39. The molecule has 35 heavy (non-hydrogen) atoms. The van der Waals surface area contributed by atoms with Crippen LogP contribution in [-0.4, -0.2) is 34.2 Å². The Kier molecular flexibility index (Phi) is 5.14. The molecule has 6 nitrogen and oxygen atoms in total. The van der Waals surface area contributed by atoms with E-state index in [1.165, 1.54) is 0 Å². The zero-order chi connectivity index (χ0) is 23.9. The number of benzene rings is 3. The van der Waals surface area contributed by atoms with Crippen LogP contribution in [0.1, 0.15) is 21.5 Å². The van der Waals surface area contributed by atoms with Gasteiger partial charge in [-0.05, 0) is 52.9 Å². The Hall–Kier alpha value is -4.32. The van der Waals surface area contributed by atoms with E-state index in [0.29, 0.717) is 24.4 Å². The van der Waals surface area contributed by atoms with E-state index in [9.17, 15) is 4.79 Å². The van der Waals surface area contributed by atoms with Gasteiger partial charge < -0.3 is 14.1 Å². The van der Waals surface area contributed by atoms with Crippen LogP contribution in [0.25, 0.3) is 33.2 Å². The van der Waals surface area contributed by atoms with Crippen molar-refractivity contribution in [2.75, 3.05) is 13.7 Å². The van der Waals surface area contributed by atoms with Gasteiger partial charge in [0.2, 0.25) is 0 Å². The van der Waals surface area contributed by atoms with Gasteiger partial charge in [-0.1, -0.05) is 36.4 Å². The Balaban J connectivity index is 1.35. The summed E-state index contributed by atoms with van der Waals surface area (Å²) in [5.74, 6) is 0.609. The van der Waals surface area contributed by atoms with Crippen LogP contribution in [0, 0.1) is 0 Å². The molecule has 3 aromatic carbocycles. The van der Waals surface area contributed by atoms with Gasteiger partial charge in [-0.2, -0.15) is 5.10 Å². The van der Waals surface area contributed by atoms with Crippen LogP contribution in [0.15, 0.2) is 83.7 Å². The van der Waals surface area contributed by atoms with Gasteiger partial charge in [0.15, 0.2) is 0 Å². The first-order valence-corrected chi connectivity index (χ1v) is 11.7. The van der Waals surface area contributed by atoms with Crippen LogP contribution >= 0.6 is 0 Å². The maximum absolute atomic E-state index is 13.4. The van der Waals surface area contributed by atoms with Crippen LogP contribution in [0.4, 0.5) is 0 Å². The molecule has 1 aliphatic rings. The van der Waals surface area contributed by atoms with E-state index in [-0.39, 0.29) is 5.91 Å². The van der Waals surface area contributed by atoms with Gasteiger partial charge in [0.05, 0.1) is 25.1 Å². The van der Waals surface area contributed by atoms with E-state index in [0.717, 1.165) is 50.8 Å². The van der Waals surface area contributed by atoms with Gasteiger partial charge in [0.1, 0.15) is 11.3 Å². The number of methoxy groups -OCH3 is 1. The summed E-state index contributed by atoms with van der Waals surface area (Å²) in [7, 11) is 3.53. The molecule has 0 atom stereocenters. The van der Waals surface area contributed by atoms with Crippen molar-refractivity contribution in [3.05, 3.63) is 96.0 Å². The third-order valence-corrected chi connectivity index (χ3v) is 6.70. The summed E-state index contributed by atoms with van der Waals surface area (Å²) in [6.45, 7) is 1.27. The number of amides is 1. The number of carbonyl (C=O) groups excluding carboxylic acids is 1. The molecule has 0 spiro atoms. The average Bonchev–Trinajstić information content (AvgIpc) is 3.51. The summed E-state index contributed by atoms with van der Waals surface area (Å²) in [6, 6.07) is 20.3. The first-order valence-electron chi connectivity index (χ1n) is 11.7. The minimum absolute atomic E-state index is 0.0108. The van der Waals surface area contributed by atoms with Crippen molar-refractivity contribution in [3.63, 3.8) is 0 Å². The molecule has 3 heterocycles. The number of aryl methyl sites for hydroxylation is 1. The number of carbonyl (C=O) groups is 1. The summed E-state index contributed by atoms with van der Waals surface area (Å²) in [4.78, 5) is 15.3. The lowest BCUT2D eigenvalue weighted by molar-refractivity contribution is 0.0723. The number of hydrogen-bond donors (Lipinski definition) is 0. The molecule has 1 amide bonds. The van der Waals surface area contributed by atoms with Crippen LogP contribution in [-0.2, 0) is 20.0 Å². The predicted octanol–water partition coefficient (Wildman–Crippen LogP) is 5.71. The van der Waals surface area contributed by atoms with Crippen molar-refractivity contribution in [1.29, 1.82) is 0 Å². The quantitative estimate of drug-likeness (QED) is 0.335. The molecule has 0 N–H and O–H groups in total. The van der Waals surface area contributed by atoms with E-state index in [1.54, 1.807) is 18.1 Å². The molecular formula is C29H25N3O3. The molecule has 6 rings (SSSR count). The molecule has 0 bridgehead atoms. The van der Waals surface area contributed by atoms with Crippen molar-refractivity contribution in [1.82, 2.24) is 14.7 Å². The number of aromatic nitrogens is 2. The molecular weight excluding hydrogens is 438 g/mol. The predicted molar refractivity (Wildman–Crippen MR) is 135 cm³/mol. The molecule has 0 aliphatic carbocycles. The molecule has 174 valence electrons. The summed E-state index contributed by atoms with van der Waals surface area (Å²) in [5, 5.41) is 5.28. The number of rotatable bonds is 5. The first kappa shape index (κ1) is 21.2. The van der Waals surface area contributed by atoms with E-state index >= 15 is 0 Å². The van der Waals surface area contributed by atoms with Gasteiger partial charge in [0.25, 0.3) is 5.91 Å². The van der Waals surface area contributed by atoms with E-state index < -0.39 is 0 Å². The van der Waals surface area contributed by atoms with Crippen LogP contribution in [0.3, 0.4) is 0 Å². The lowest BCUT2D eigenvalue weighted by atomic mass is 9.92. The van der Waals surface area contributed by atoms with Gasteiger partial charge >= 0.3 is 0 Å². The van der Waals surface area contributed by atoms with Crippen molar-refractivity contribution < 1.29 is 13.9 Å². The SMILES string of the molecule is COc1cc(-c2coc3cc(-c4cnn(C)c4)ccc23)cc2c1C(=O)N(Cc1ccccc1)CC2. The van der Waals surface area contributed by atoms with Gasteiger partial charge in [-0.15, -0.1) is 0 Å². The smallest absolute Gasteiger partial charge is 0.258 e. The second kappa shape index (κ2) is 8.47. The monoisotopic (exact) mass is 463 g/mol. The van der Waals surface area contributed by atoms with E-state index in [2.05, 4.69) is 23.3 Å². The van der Waals surface area contributed by atoms with Crippen LogP contribution in [0.5, 0.6) is 5.75 Å². The number of fused-ring (bicyclic) bond motifs is 2. The lowest BCUT2D eigenvalue weighted by Crippen LogP contribution is -2.37. The minimum Gasteiger partial charge on any atom is -0.496 e. The summed E-state index contributed by atoms with van der Waals surface area (Å²) in [5.41, 5.74) is 7.66. The standard InChI is InChI=1S/C29H25N3O3/c1-31-17-23(15-30-31)20-8-9-24-25(18-35-26(24)13-20)22-12-21-10-11-32(16-19-6-4-3-5-7-19)29(33)28(21)27(14-22)34-2/h3-9,12-15,17-18H,10-11,16H2,1-2H3. The highest BCUT2D eigenvalue weighted by Gasteiger charge is 2.29. The topological polar surface area (TPSA) is 60.5 Å².